The van der Waals surface area contributed by atoms with Crippen molar-refractivity contribution in [2.75, 3.05) is 26.3 Å². The van der Waals surface area contributed by atoms with Crippen molar-refractivity contribution < 1.29 is 9.53 Å². The summed E-state index contributed by atoms with van der Waals surface area (Å²) >= 11 is 5.99. The van der Waals surface area contributed by atoms with E-state index in [-0.39, 0.29) is 11.8 Å². The Morgan fingerprint density at radius 3 is 2.43 bits per heavy atom. The van der Waals surface area contributed by atoms with Crippen LogP contribution in [0.5, 0.6) is 0 Å². The summed E-state index contributed by atoms with van der Waals surface area (Å²) in [6.45, 7) is 3.43. The fourth-order valence-electron chi connectivity index (χ4n) is 2.92. The number of aromatic nitrogens is 1. The molecule has 1 aliphatic heterocycles. The molecule has 0 aliphatic carbocycles. The van der Waals surface area contributed by atoms with Gasteiger partial charge in [0.15, 0.2) is 0 Å². The third-order valence-corrected chi connectivity index (χ3v) is 4.48. The number of carbonyl (C=O) groups excluding carboxylic acids is 1. The molecule has 0 N–H and O–H groups in total. The molecule has 1 amide bonds. The highest BCUT2D eigenvalue weighted by Crippen LogP contribution is 2.25. The zero-order chi connectivity index (χ0) is 16.1. The number of hydrogen-bond donors (Lipinski definition) is 0. The van der Waals surface area contributed by atoms with Crippen LogP contribution in [0.2, 0.25) is 5.02 Å². The molecule has 2 aromatic rings. The van der Waals surface area contributed by atoms with Gasteiger partial charge in [0, 0.05) is 49.4 Å². The first kappa shape index (κ1) is 16.1. The van der Waals surface area contributed by atoms with Crippen LogP contribution in [0.1, 0.15) is 17.9 Å². The molecule has 2 heterocycles. The van der Waals surface area contributed by atoms with Crippen LogP contribution in [0, 0.1) is 0 Å². The third-order valence-electron chi connectivity index (χ3n) is 4.22. The van der Waals surface area contributed by atoms with Crippen LogP contribution in [0.15, 0.2) is 48.8 Å². The van der Waals surface area contributed by atoms with Gasteiger partial charge in [-0.15, -0.1) is 0 Å². The van der Waals surface area contributed by atoms with Crippen LogP contribution >= 0.6 is 11.6 Å². The molecular weight excluding hydrogens is 312 g/mol. The Morgan fingerprint density at radius 1 is 1.13 bits per heavy atom. The molecule has 1 atom stereocenters. The van der Waals surface area contributed by atoms with Gasteiger partial charge in [0.05, 0.1) is 13.2 Å². The number of carbonyl (C=O) groups is 1. The van der Waals surface area contributed by atoms with Crippen molar-refractivity contribution >= 4 is 17.5 Å². The number of morpholine rings is 1. The standard InChI is InChI=1S/C18H21ClN2O2/c19-17-5-3-15(4-6-17)16(14-20-7-1-2-8-20)13-18(22)21-9-11-23-12-10-21/h1-8,16H,9-14H2/t16-/m1/s1. The van der Waals surface area contributed by atoms with Gasteiger partial charge >= 0.3 is 0 Å². The van der Waals surface area contributed by atoms with Gasteiger partial charge in [0.25, 0.3) is 0 Å². The van der Waals surface area contributed by atoms with Crippen LogP contribution in [-0.2, 0) is 16.1 Å². The lowest BCUT2D eigenvalue weighted by Crippen LogP contribution is -2.41. The molecule has 1 fully saturated rings. The molecule has 0 radical (unpaired) electrons. The van der Waals surface area contributed by atoms with Crippen molar-refractivity contribution in [3.05, 3.63) is 59.4 Å². The van der Waals surface area contributed by atoms with E-state index in [1.807, 2.05) is 53.7 Å². The van der Waals surface area contributed by atoms with E-state index >= 15 is 0 Å². The van der Waals surface area contributed by atoms with Gasteiger partial charge in [-0.05, 0) is 29.8 Å². The van der Waals surface area contributed by atoms with Crippen molar-refractivity contribution in [2.24, 2.45) is 0 Å². The minimum Gasteiger partial charge on any atom is -0.378 e. The first-order valence-electron chi connectivity index (χ1n) is 7.94. The Morgan fingerprint density at radius 2 is 1.78 bits per heavy atom. The quantitative estimate of drug-likeness (QED) is 0.843. The summed E-state index contributed by atoms with van der Waals surface area (Å²) in [7, 11) is 0. The highest BCUT2D eigenvalue weighted by atomic mass is 35.5. The Labute approximate surface area is 141 Å². The Hall–Kier alpha value is -1.78. The maximum Gasteiger partial charge on any atom is 0.223 e. The predicted molar refractivity (Wildman–Crippen MR) is 90.6 cm³/mol. The largest absolute Gasteiger partial charge is 0.378 e. The number of amides is 1. The fourth-order valence-corrected chi connectivity index (χ4v) is 3.05. The van der Waals surface area contributed by atoms with Crippen LogP contribution in [-0.4, -0.2) is 41.7 Å². The van der Waals surface area contributed by atoms with Gasteiger partial charge in [-0.3, -0.25) is 4.79 Å². The maximum absolute atomic E-state index is 12.6. The number of hydrogen-bond acceptors (Lipinski definition) is 2. The van der Waals surface area contributed by atoms with E-state index in [9.17, 15) is 4.79 Å². The van der Waals surface area contributed by atoms with Crippen LogP contribution in [0.4, 0.5) is 0 Å². The topological polar surface area (TPSA) is 34.5 Å². The second-order valence-corrected chi connectivity index (χ2v) is 6.26. The van der Waals surface area contributed by atoms with Crippen LogP contribution in [0.3, 0.4) is 0 Å². The molecule has 4 nitrogen and oxygen atoms in total. The predicted octanol–water partition coefficient (Wildman–Crippen LogP) is 3.17. The van der Waals surface area contributed by atoms with Crippen LogP contribution in [0.25, 0.3) is 0 Å². The first-order valence-corrected chi connectivity index (χ1v) is 8.32. The molecule has 1 aromatic heterocycles. The third kappa shape index (κ3) is 4.36. The summed E-state index contributed by atoms with van der Waals surface area (Å²) in [6.07, 6.45) is 4.56. The van der Waals surface area contributed by atoms with E-state index in [0.29, 0.717) is 37.7 Å². The monoisotopic (exact) mass is 332 g/mol. The Balaban J connectivity index is 1.74. The Kier molecular flexibility index (Phi) is 5.36. The highest BCUT2D eigenvalue weighted by Gasteiger charge is 2.22. The average molecular weight is 333 g/mol. The summed E-state index contributed by atoms with van der Waals surface area (Å²) in [5.74, 6) is 0.329. The highest BCUT2D eigenvalue weighted by molar-refractivity contribution is 6.30. The number of nitrogens with zero attached hydrogens (tertiary/aromatic N) is 2. The fraction of sp³-hybridized carbons (Fsp3) is 0.389. The molecule has 1 aromatic carbocycles. The number of benzene rings is 1. The zero-order valence-electron chi connectivity index (χ0n) is 13.0. The van der Waals surface area contributed by atoms with E-state index in [4.69, 9.17) is 16.3 Å². The molecule has 1 saturated heterocycles. The van der Waals surface area contributed by atoms with Crippen molar-refractivity contribution in [1.29, 1.82) is 0 Å². The smallest absolute Gasteiger partial charge is 0.223 e. The van der Waals surface area contributed by atoms with Gasteiger partial charge < -0.3 is 14.2 Å². The van der Waals surface area contributed by atoms with Crippen molar-refractivity contribution in [3.8, 4) is 0 Å². The lowest BCUT2D eigenvalue weighted by molar-refractivity contribution is -0.135. The van der Waals surface area contributed by atoms with Gasteiger partial charge in [-0.2, -0.15) is 0 Å². The molecule has 0 unspecified atom stereocenters. The first-order chi connectivity index (χ1) is 11.2. The van der Waals surface area contributed by atoms with E-state index in [1.165, 1.54) is 0 Å². The van der Waals surface area contributed by atoms with E-state index in [2.05, 4.69) is 4.57 Å². The van der Waals surface area contributed by atoms with Crippen molar-refractivity contribution in [3.63, 3.8) is 0 Å². The lowest BCUT2D eigenvalue weighted by Gasteiger charge is -2.29. The summed E-state index contributed by atoms with van der Waals surface area (Å²) in [5, 5.41) is 0.716. The summed E-state index contributed by atoms with van der Waals surface area (Å²) in [5.41, 5.74) is 1.14. The van der Waals surface area contributed by atoms with Crippen LogP contribution < -0.4 is 0 Å². The molecule has 122 valence electrons. The molecule has 1 aliphatic rings. The van der Waals surface area contributed by atoms with Crippen molar-refractivity contribution in [1.82, 2.24) is 9.47 Å². The van der Waals surface area contributed by atoms with Gasteiger partial charge in [0.2, 0.25) is 5.91 Å². The van der Waals surface area contributed by atoms with Crippen molar-refractivity contribution in [2.45, 2.75) is 18.9 Å². The SMILES string of the molecule is O=C(C[C@H](Cn1cccc1)c1ccc(Cl)cc1)N1CCOCC1. The molecular formula is C18H21ClN2O2. The van der Waals surface area contributed by atoms with E-state index < -0.39 is 0 Å². The normalized spacial score (nSPS) is 16.3. The minimum absolute atomic E-state index is 0.134. The molecule has 0 bridgehead atoms. The average Bonchev–Trinajstić information content (AvgIpc) is 3.09. The molecule has 23 heavy (non-hydrogen) atoms. The molecule has 3 rings (SSSR count). The van der Waals surface area contributed by atoms with Gasteiger partial charge in [-0.25, -0.2) is 0 Å². The lowest BCUT2D eigenvalue weighted by atomic mass is 9.94. The molecule has 5 heteroatoms. The Bertz CT molecular complexity index is 619. The second kappa shape index (κ2) is 7.66. The minimum atomic E-state index is 0.134. The number of rotatable bonds is 5. The van der Waals surface area contributed by atoms with Gasteiger partial charge in [0.1, 0.15) is 0 Å². The van der Waals surface area contributed by atoms with E-state index in [0.717, 1.165) is 12.1 Å². The summed E-state index contributed by atoms with van der Waals surface area (Å²) in [6, 6.07) is 11.8. The molecule has 0 spiro atoms. The molecule has 0 saturated carbocycles. The number of ether oxygens (including phenoxy) is 1. The van der Waals surface area contributed by atoms with Gasteiger partial charge in [-0.1, -0.05) is 23.7 Å². The number of halogens is 1. The van der Waals surface area contributed by atoms with E-state index in [1.54, 1.807) is 0 Å². The summed E-state index contributed by atoms with van der Waals surface area (Å²) < 4.78 is 7.44. The zero-order valence-corrected chi connectivity index (χ0v) is 13.8. The second-order valence-electron chi connectivity index (χ2n) is 5.83. The maximum atomic E-state index is 12.6. The summed E-state index contributed by atoms with van der Waals surface area (Å²) in [4.78, 5) is 14.5.